The van der Waals surface area contributed by atoms with Crippen molar-refractivity contribution in [1.29, 1.82) is 0 Å². The van der Waals surface area contributed by atoms with Crippen LogP contribution in [0.3, 0.4) is 0 Å². The Kier molecular flexibility index (Phi) is 13.0. The highest BCUT2D eigenvalue weighted by Crippen LogP contribution is 2.41. The Morgan fingerprint density at radius 3 is 1.54 bits per heavy atom. The largest absolute Gasteiger partial charge is 0.295 e. The fraction of sp³-hybridized carbons (Fsp3) is 0.425. The van der Waals surface area contributed by atoms with Crippen LogP contribution in [0.15, 0.2) is 130 Å². The summed E-state index contributed by atoms with van der Waals surface area (Å²) >= 11 is 0. The topological polar surface area (TPSA) is 17.1 Å². The third-order valence-electron chi connectivity index (χ3n) is 8.36. The molecule has 0 bridgehead atoms. The summed E-state index contributed by atoms with van der Waals surface area (Å²) in [6, 6.07) is 0. The molecule has 1 nitrogen and oxygen atoms in total. The number of rotatable bonds is 10. The van der Waals surface area contributed by atoms with Crippen molar-refractivity contribution in [3.63, 3.8) is 0 Å². The number of Topliss-reactive ketones (excluding diaryl/α,β-unsaturated/α-hetero) is 1. The Morgan fingerprint density at radius 1 is 0.585 bits per heavy atom. The van der Waals surface area contributed by atoms with Crippen LogP contribution >= 0.6 is 0 Å². The summed E-state index contributed by atoms with van der Waals surface area (Å²) in [4.78, 5) is 12.2. The zero-order valence-electron chi connectivity index (χ0n) is 27.5. The lowest BCUT2D eigenvalue weighted by Gasteiger charge is -2.32. The van der Waals surface area contributed by atoms with Gasteiger partial charge in [-0.2, -0.15) is 0 Å². The first kappa shape index (κ1) is 34.0. The second-order valence-electron chi connectivity index (χ2n) is 13.2. The Hall–Kier alpha value is -3.19. The maximum absolute atomic E-state index is 12.2. The maximum Gasteiger partial charge on any atom is 0.158 e. The lowest BCUT2D eigenvalue weighted by atomic mass is 9.72. The fourth-order valence-electron chi connectivity index (χ4n) is 5.54. The van der Waals surface area contributed by atoms with Crippen molar-refractivity contribution in [2.75, 3.05) is 0 Å². The molecule has 0 atom stereocenters. The summed E-state index contributed by atoms with van der Waals surface area (Å²) in [5.41, 5.74) is 10.3. The molecule has 220 valence electrons. The van der Waals surface area contributed by atoms with Gasteiger partial charge < -0.3 is 0 Å². The molecule has 41 heavy (non-hydrogen) atoms. The molecule has 0 N–H and O–H groups in total. The highest BCUT2D eigenvalue weighted by molar-refractivity contribution is 5.97. The molecule has 2 aliphatic carbocycles. The van der Waals surface area contributed by atoms with Gasteiger partial charge in [-0.25, -0.2) is 0 Å². The summed E-state index contributed by atoms with van der Waals surface area (Å²) in [5.74, 6) is 0.280. The number of carbonyl (C=O) groups excluding carboxylic acids is 1. The van der Waals surface area contributed by atoms with Crippen molar-refractivity contribution in [2.24, 2.45) is 10.8 Å². The number of hydrogen-bond acceptors (Lipinski definition) is 1. The monoisotopic (exact) mass is 550 g/mol. The quantitative estimate of drug-likeness (QED) is 0.247. The second kappa shape index (κ2) is 15.7. The van der Waals surface area contributed by atoms with Gasteiger partial charge in [-0.15, -0.1) is 0 Å². The van der Waals surface area contributed by atoms with Gasteiger partial charge in [0.25, 0.3) is 0 Å². The summed E-state index contributed by atoms with van der Waals surface area (Å²) in [5, 5.41) is 0. The highest BCUT2D eigenvalue weighted by atomic mass is 16.1. The van der Waals surface area contributed by atoms with Crippen LogP contribution in [-0.2, 0) is 4.79 Å². The average Bonchev–Trinajstić information content (AvgIpc) is 2.88. The molecule has 2 rings (SSSR count). The van der Waals surface area contributed by atoms with Crippen LogP contribution < -0.4 is 0 Å². The zero-order valence-corrected chi connectivity index (χ0v) is 27.5. The third kappa shape index (κ3) is 11.3. The predicted octanol–water partition coefficient (Wildman–Crippen LogP) is 11.8. The molecular formula is C40H54O. The van der Waals surface area contributed by atoms with E-state index in [-0.39, 0.29) is 16.6 Å². The normalized spacial score (nSPS) is 21.8. The molecule has 0 heterocycles. The van der Waals surface area contributed by atoms with Gasteiger partial charge in [-0.3, -0.25) is 4.79 Å². The molecule has 2 aliphatic rings. The van der Waals surface area contributed by atoms with E-state index in [2.05, 4.69) is 147 Å². The van der Waals surface area contributed by atoms with Crippen LogP contribution in [0.5, 0.6) is 0 Å². The van der Waals surface area contributed by atoms with E-state index in [1.54, 1.807) is 0 Å². The summed E-state index contributed by atoms with van der Waals surface area (Å²) in [6.07, 6.45) is 35.4. The molecule has 0 aromatic heterocycles. The second-order valence-corrected chi connectivity index (χ2v) is 13.2. The average molecular weight is 551 g/mol. The van der Waals surface area contributed by atoms with Crippen LogP contribution in [0, 0.1) is 10.8 Å². The molecule has 0 aromatic rings. The van der Waals surface area contributed by atoms with Gasteiger partial charge in [0.2, 0.25) is 0 Å². The van der Waals surface area contributed by atoms with E-state index >= 15 is 0 Å². The molecule has 0 unspecified atom stereocenters. The molecule has 0 fully saturated rings. The van der Waals surface area contributed by atoms with E-state index in [0.717, 1.165) is 17.6 Å². The van der Waals surface area contributed by atoms with Crippen molar-refractivity contribution < 1.29 is 4.79 Å². The van der Waals surface area contributed by atoms with Gasteiger partial charge in [0.1, 0.15) is 0 Å². The molecule has 1 heteroatoms. The first-order valence-electron chi connectivity index (χ1n) is 15.3. The van der Waals surface area contributed by atoms with Gasteiger partial charge in [-0.05, 0) is 94.8 Å². The van der Waals surface area contributed by atoms with E-state index < -0.39 is 0 Å². The van der Waals surface area contributed by atoms with Gasteiger partial charge in [0.15, 0.2) is 5.78 Å². The lowest BCUT2D eigenvalue weighted by Crippen LogP contribution is -2.24. The summed E-state index contributed by atoms with van der Waals surface area (Å²) in [7, 11) is 0. The molecule has 0 saturated carbocycles. The fourth-order valence-corrected chi connectivity index (χ4v) is 5.54. The standard InChI is InChI=1S/C40H54O/c1-30(18-13-20-32(3)23-25-36-34(5)22-15-28-39(36,7)8)16-11-12-17-31(2)19-14-21-33(4)24-26-37-35(6)38(41)27-29-40(37,9)10/h11-14,16-21,23-26H,15,22,27-29H2,1-10H3/b12-11+,18-13?,19-14+,25-23?,26-24+,30-16?,31-17+,32-20?,33-21+. The minimum atomic E-state index is 0.0507. The van der Waals surface area contributed by atoms with Crippen molar-refractivity contribution in [3.05, 3.63) is 130 Å². The Labute approximate surface area is 252 Å². The molecule has 0 spiro atoms. The number of hydrogen-bond donors (Lipinski definition) is 0. The first-order valence-corrected chi connectivity index (χ1v) is 15.3. The number of carbonyl (C=O) groups is 1. The summed E-state index contributed by atoms with van der Waals surface area (Å²) < 4.78 is 0. The Morgan fingerprint density at radius 2 is 1.02 bits per heavy atom. The van der Waals surface area contributed by atoms with E-state index in [4.69, 9.17) is 0 Å². The van der Waals surface area contributed by atoms with Crippen molar-refractivity contribution in [2.45, 2.75) is 101 Å². The zero-order chi connectivity index (χ0) is 30.6. The van der Waals surface area contributed by atoms with E-state index in [1.807, 2.05) is 6.92 Å². The lowest BCUT2D eigenvalue weighted by molar-refractivity contribution is -0.116. The molecule has 0 amide bonds. The van der Waals surface area contributed by atoms with Crippen LogP contribution in [0.1, 0.15) is 101 Å². The minimum absolute atomic E-state index is 0.0507. The highest BCUT2D eigenvalue weighted by Gasteiger charge is 2.30. The van der Waals surface area contributed by atoms with Crippen molar-refractivity contribution >= 4 is 5.78 Å². The van der Waals surface area contributed by atoms with E-state index in [0.29, 0.717) is 6.42 Å². The van der Waals surface area contributed by atoms with Crippen molar-refractivity contribution in [1.82, 2.24) is 0 Å². The maximum atomic E-state index is 12.2. The predicted molar refractivity (Wildman–Crippen MR) is 182 cm³/mol. The van der Waals surface area contributed by atoms with Gasteiger partial charge in [0.05, 0.1) is 0 Å². The molecular weight excluding hydrogens is 496 g/mol. The number of ketones is 1. The minimum Gasteiger partial charge on any atom is -0.295 e. The Balaban J connectivity index is 1.91. The summed E-state index contributed by atoms with van der Waals surface area (Å²) in [6.45, 7) is 21.9. The molecule has 0 radical (unpaired) electrons. The molecule has 0 saturated heterocycles. The van der Waals surface area contributed by atoms with Crippen LogP contribution in [-0.4, -0.2) is 5.78 Å². The molecule has 0 aliphatic heterocycles. The molecule has 0 aromatic carbocycles. The third-order valence-corrected chi connectivity index (χ3v) is 8.36. The van der Waals surface area contributed by atoms with E-state index in [1.165, 1.54) is 52.7 Å². The van der Waals surface area contributed by atoms with Gasteiger partial charge in [-0.1, -0.05) is 141 Å². The van der Waals surface area contributed by atoms with E-state index in [9.17, 15) is 4.79 Å². The van der Waals surface area contributed by atoms with Crippen LogP contribution in [0.4, 0.5) is 0 Å². The Bertz CT molecular complexity index is 1300. The van der Waals surface area contributed by atoms with Gasteiger partial charge in [0, 0.05) is 6.42 Å². The van der Waals surface area contributed by atoms with Crippen LogP contribution in [0.25, 0.3) is 0 Å². The van der Waals surface area contributed by atoms with Gasteiger partial charge >= 0.3 is 0 Å². The van der Waals surface area contributed by atoms with Crippen LogP contribution in [0.2, 0.25) is 0 Å². The van der Waals surface area contributed by atoms with Crippen molar-refractivity contribution in [3.8, 4) is 0 Å². The SMILES string of the molecule is CC(C=CC1=C(C)CCCC1(C)C)=CC=CC(C)=C/C=C/C=C(C)/C=C/C=C(C)/C=C/C1=C(C)C(=O)CCC1(C)C. The first-order chi connectivity index (χ1) is 19.2. The number of allylic oxidation sites excluding steroid dienone is 22. The smallest absolute Gasteiger partial charge is 0.158 e.